The van der Waals surface area contributed by atoms with Crippen LogP contribution in [0.1, 0.15) is 30.1 Å². The molecule has 1 saturated heterocycles. The SMILES string of the molecule is COc1ccc(NC(=O)N2[C@H]3CC[C@@H]2c2cnc(-c4ccccc4)nc2C3)c(OC)c1. The third-order valence-corrected chi connectivity index (χ3v) is 6.11. The van der Waals surface area contributed by atoms with Gasteiger partial charge in [-0.2, -0.15) is 0 Å². The number of methoxy groups -OCH3 is 2. The summed E-state index contributed by atoms with van der Waals surface area (Å²) in [6, 6.07) is 15.3. The van der Waals surface area contributed by atoms with Crippen molar-refractivity contribution in [3.05, 3.63) is 66.0 Å². The van der Waals surface area contributed by atoms with E-state index in [1.807, 2.05) is 41.4 Å². The van der Waals surface area contributed by atoms with Gasteiger partial charge in [0.15, 0.2) is 5.82 Å². The van der Waals surface area contributed by atoms with Crippen molar-refractivity contribution in [3.63, 3.8) is 0 Å². The quantitative estimate of drug-likeness (QED) is 0.680. The van der Waals surface area contributed by atoms with E-state index in [0.29, 0.717) is 17.2 Å². The van der Waals surface area contributed by atoms with Gasteiger partial charge >= 0.3 is 6.03 Å². The number of benzene rings is 2. The van der Waals surface area contributed by atoms with Crippen LogP contribution >= 0.6 is 0 Å². The molecule has 1 N–H and O–H groups in total. The summed E-state index contributed by atoms with van der Waals surface area (Å²) in [5.41, 5.74) is 3.72. The van der Waals surface area contributed by atoms with Gasteiger partial charge in [0.2, 0.25) is 0 Å². The van der Waals surface area contributed by atoms with E-state index in [4.69, 9.17) is 14.5 Å². The zero-order valence-corrected chi connectivity index (χ0v) is 17.5. The summed E-state index contributed by atoms with van der Waals surface area (Å²) in [5.74, 6) is 1.97. The number of hydrogen-bond acceptors (Lipinski definition) is 5. The molecule has 3 aromatic rings. The Morgan fingerprint density at radius 2 is 1.94 bits per heavy atom. The van der Waals surface area contributed by atoms with E-state index in [-0.39, 0.29) is 18.1 Å². The highest BCUT2D eigenvalue weighted by atomic mass is 16.5. The van der Waals surface area contributed by atoms with Gasteiger partial charge in [0.1, 0.15) is 11.5 Å². The van der Waals surface area contributed by atoms with Gasteiger partial charge in [-0.1, -0.05) is 30.3 Å². The van der Waals surface area contributed by atoms with E-state index < -0.39 is 0 Å². The zero-order valence-electron chi connectivity index (χ0n) is 17.5. The molecule has 0 saturated carbocycles. The fourth-order valence-corrected chi connectivity index (χ4v) is 4.60. The molecular formula is C24H24N4O3. The predicted molar refractivity (Wildman–Crippen MR) is 117 cm³/mol. The van der Waals surface area contributed by atoms with Crippen LogP contribution in [-0.2, 0) is 6.42 Å². The molecule has 2 atom stereocenters. The number of rotatable bonds is 4. The molecule has 2 aromatic carbocycles. The van der Waals surface area contributed by atoms with Crippen LogP contribution in [0.15, 0.2) is 54.7 Å². The molecule has 5 rings (SSSR count). The molecule has 1 aromatic heterocycles. The minimum Gasteiger partial charge on any atom is -0.497 e. The third-order valence-electron chi connectivity index (χ3n) is 6.11. The molecule has 2 amide bonds. The van der Waals surface area contributed by atoms with Crippen LogP contribution in [0.5, 0.6) is 11.5 Å². The molecule has 31 heavy (non-hydrogen) atoms. The van der Waals surface area contributed by atoms with E-state index in [0.717, 1.165) is 41.9 Å². The second kappa shape index (κ2) is 7.91. The van der Waals surface area contributed by atoms with E-state index in [1.165, 1.54) is 0 Å². The molecule has 7 heteroatoms. The number of nitrogens with zero attached hydrogens (tertiary/aromatic N) is 3. The Bertz CT molecular complexity index is 1120. The van der Waals surface area contributed by atoms with E-state index >= 15 is 0 Å². The van der Waals surface area contributed by atoms with Crippen molar-refractivity contribution in [2.45, 2.75) is 31.3 Å². The van der Waals surface area contributed by atoms with Crippen LogP contribution in [0.25, 0.3) is 11.4 Å². The summed E-state index contributed by atoms with van der Waals surface area (Å²) < 4.78 is 10.7. The Morgan fingerprint density at radius 1 is 1.10 bits per heavy atom. The fourth-order valence-electron chi connectivity index (χ4n) is 4.60. The molecule has 0 unspecified atom stereocenters. The van der Waals surface area contributed by atoms with Gasteiger partial charge in [0.25, 0.3) is 0 Å². The number of fused-ring (bicyclic) bond motifs is 4. The van der Waals surface area contributed by atoms with Crippen LogP contribution in [0.4, 0.5) is 10.5 Å². The van der Waals surface area contributed by atoms with Gasteiger partial charge in [-0.25, -0.2) is 14.8 Å². The van der Waals surface area contributed by atoms with Crippen LogP contribution in [0.3, 0.4) is 0 Å². The average molecular weight is 416 g/mol. The lowest BCUT2D eigenvalue weighted by atomic mass is 9.99. The van der Waals surface area contributed by atoms with Crippen molar-refractivity contribution < 1.29 is 14.3 Å². The Morgan fingerprint density at radius 3 is 2.71 bits per heavy atom. The summed E-state index contributed by atoms with van der Waals surface area (Å²) in [4.78, 5) is 24.6. The summed E-state index contributed by atoms with van der Waals surface area (Å²) in [5, 5.41) is 3.02. The summed E-state index contributed by atoms with van der Waals surface area (Å²) in [6.07, 6.45) is 4.50. The number of carbonyl (C=O) groups is 1. The first-order valence-corrected chi connectivity index (χ1v) is 10.4. The number of amides is 2. The Kier molecular flexibility index (Phi) is 4.94. The average Bonchev–Trinajstić information content (AvgIpc) is 3.14. The van der Waals surface area contributed by atoms with E-state index in [9.17, 15) is 4.79 Å². The molecule has 0 spiro atoms. The number of ether oxygens (including phenoxy) is 2. The molecule has 0 aliphatic carbocycles. The van der Waals surface area contributed by atoms with Gasteiger partial charge in [-0.05, 0) is 25.0 Å². The summed E-state index contributed by atoms with van der Waals surface area (Å²) in [7, 11) is 3.17. The maximum absolute atomic E-state index is 13.2. The first-order chi connectivity index (χ1) is 15.2. The van der Waals surface area contributed by atoms with Gasteiger partial charge in [-0.3, -0.25) is 0 Å². The van der Waals surface area contributed by atoms with Crippen molar-refractivity contribution in [1.29, 1.82) is 0 Å². The van der Waals surface area contributed by atoms with Gasteiger partial charge in [-0.15, -0.1) is 0 Å². The molecule has 1 fully saturated rings. The first-order valence-electron chi connectivity index (χ1n) is 10.4. The molecule has 3 heterocycles. The molecule has 2 aliphatic heterocycles. The van der Waals surface area contributed by atoms with Gasteiger partial charge in [0.05, 0.1) is 31.6 Å². The lowest BCUT2D eigenvalue weighted by Crippen LogP contribution is -2.44. The zero-order chi connectivity index (χ0) is 21.4. The lowest BCUT2D eigenvalue weighted by molar-refractivity contribution is 0.178. The van der Waals surface area contributed by atoms with Crippen molar-refractivity contribution in [2.24, 2.45) is 0 Å². The maximum Gasteiger partial charge on any atom is 0.322 e. The summed E-state index contributed by atoms with van der Waals surface area (Å²) >= 11 is 0. The van der Waals surface area contributed by atoms with Crippen LogP contribution in [-0.4, -0.2) is 41.2 Å². The van der Waals surface area contributed by atoms with Crippen LogP contribution in [0.2, 0.25) is 0 Å². The van der Waals surface area contributed by atoms with Crippen molar-refractivity contribution in [2.75, 3.05) is 19.5 Å². The standard InChI is InChI=1S/C24H24N4O3/c1-30-17-9-10-19(22(13-17)31-2)27-24(29)28-16-8-11-21(28)18-14-25-23(26-20(18)12-16)15-6-4-3-5-7-15/h3-7,9-10,13-14,16,21H,8,11-12H2,1-2H3,(H,27,29)/t16-,21+/m0/s1. The first kappa shape index (κ1) is 19.4. The van der Waals surface area contributed by atoms with Crippen molar-refractivity contribution >= 4 is 11.7 Å². The Balaban J connectivity index is 1.40. The van der Waals surface area contributed by atoms with E-state index in [1.54, 1.807) is 32.4 Å². The topological polar surface area (TPSA) is 76.6 Å². The third kappa shape index (κ3) is 3.46. The lowest BCUT2D eigenvalue weighted by Gasteiger charge is -2.35. The highest BCUT2D eigenvalue weighted by Crippen LogP contribution is 2.44. The normalized spacial score (nSPS) is 19.0. The Hall–Kier alpha value is -3.61. The minimum atomic E-state index is -0.131. The number of nitrogens with one attached hydrogen (secondary N) is 1. The maximum atomic E-state index is 13.2. The number of carbonyl (C=O) groups excluding carboxylic acids is 1. The monoisotopic (exact) mass is 416 g/mol. The second-order valence-corrected chi connectivity index (χ2v) is 7.82. The van der Waals surface area contributed by atoms with Gasteiger partial charge < -0.3 is 19.7 Å². The second-order valence-electron chi connectivity index (χ2n) is 7.82. The molecule has 2 bridgehead atoms. The van der Waals surface area contributed by atoms with Crippen molar-refractivity contribution in [3.8, 4) is 22.9 Å². The predicted octanol–water partition coefficient (Wildman–Crippen LogP) is 4.45. The highest BCUT2D eigenvalue weighted by Gasteiger charge is 2.43. The fraction of sp³-hybridized carbons (Fsp3) is 0.292. The van der Waals surface area contributed by atoms with Crippen LogP contribution < -0.4 is 14.8 Å². The number of urea groups is 1. The molecule has 7 nitrogen and oxygen atoms in total. The largest absolute Gasteiger partial charge is 0.497 e. The Labute approximate surface area is 181 Å². The number of hydrogen-bond donors (Lipinski definition) is 1. The number of aromatic nitrogens is 2. The van der Waals surface area contributed by atoms with Gasteiger partial charge in [0, 0.05) is 35.9 Å². The summed E-state index contributed by atoms with van der Waals surface area (Å²) in [6.45, 7) is 0. The molecule has 0 radical (unpaired) electrons. The highest BCUT2D eigenvalue weighted by molar-refractivity contribution is 5.92. The van der Waals surface area contributed by atoms with Crippen molar-refractivity contribution in [1.82, 2.24) is 14.9 Å². The molecular weight excluding hydrogens is 392 g/mol. The van der Waals surface area contributed by atoms with E-state index in [2.05, 4.69) is 10.3 Å². The molecule has 158 valence electrons. The number of anilines is 1. The molecule has 2 aliphatic rings. The van der Waals surface area contributed by atoms with Crippen LogP contribution in [0, 0.1) is 0 Å². The smallest absolute Gasteiger partial charge is 0.322 e. The minimum absolute atomic E-state index is 0.0113.